The topological polar surface area (TPSA) is 179 Å². The van der Waals surface area contributed by atoms with Gasteiger partial charge in [-0.25, -0.2) is 4.98 Å². The molecule has 6 heterocycles. The Morgan fingerprint density at radius 3 is 2.41 bits per heavy atom. The molecule has 16 heteroatoms. The molecule has 10 rings (SSSR count). The second-order valence-corrected chi connectivity index (χ2v) is 18.7. The lowest BCUT2D eigenvalue weighted by Gasteiger charge is -2.51. The Kier molecular flexibility index (Phi) is 11.1. The van der Waals surface area contributed by atoms with Gasteiger partial charge >= 0.3 is 0 Å². The van der Waals surface area contributed by atoms with Gasteiger partial charge in [-0.1, -0.05) is 0 Å². The molecule has 0 radical (unpaired) electrons. The summed E-state index contributed by atoms with van der Waals surface area (Å²) in [6, 6.07) is 19.2. The molecule has 3 fully saturated rings. The highest BCUT2D eigenvalue weighted by molar-refractivity contribution is 7.15. The SMILES string of the molecule is COc1cc(OC2CCC(NC(=O)c3ccc(N4CCC5(CC4)CC(Oc4ccc(C6=N[C@@H](Cc7ncco7)c7nnc(C)n7-c7sc(C)c(C)c76)cc4)C5)nn3)CC2)ccc1C#N. The van der Waals surface area contributed by atoms with Crippen LogP contribution in [-0.2, 0) is 6.42 Å². The lowest BCUT2D eigenvalue weighted by molar-refractivity contribution is -0.0311. The van der Waals surface area contributed by atoms with Crippen LogP contribution in [0.4, 0.5) is 5.82 Å². The van der Waals surface area contributed by atoms with Gasteiger partial charge in [-0.3, -0.25) is 14.4 Å². The molecule has 2 aromatic carbocycles. The Morgan fingerprint density at radius 2 is 1.70 bits per heavy atom. The number of nitrogens with one attached hydrogen (secondary N) is 1. The molecule has 4 aliphatic rings. The van der Waals surface area contributed by atoms with E-state index in [-0.39, 0.29) is 35.6 Å². The van der Waals surface area contributed by atoms with E-state index < -0.39 is 0 Å². The normalized spacial score (nSPS) is 20.3. The molecule has 2 aliphatic carbocycles. The van der Waals surface area contributed by atoms with Crippen LogP contribution in [-0.4, -0.2) is 80.0 Å². The zero-order chi connectivity index (χ0) is 44.0. The van der Waals surface area contributed by atoms with Crippen molar-refractivity contribution >= 4 is 28.8 Å². The minimum Gasteiger partial charge on any atom is -0.495 e. The predicted molar refractivity (Wildman–Crippen MR) is 240 cm³/mol. The zero-order valence-corrected chi connectivity index (χ0v) is 37.2. The van der Waals surface area contributed by atoms with Crippen molar-refractivity contribution in [1.82, 2.24) is 35.3 Å². The van der Waals surface area contributed by atoms with Crippen molar-refractivity contribution in [3.8, 4) is 28.3 Å². The van der Waals surface area contributed by atoms with Crippen LogP contribution in [0.5, 0.6) is 17.2 Å². The summed E-state index contributed by atoms with van der Waals surface area (Å²) < 4.78 is 25.8. The lowest BCUT2D eigenvalue weighted by atomic mass is 9.61. The summed E-state index contributed by atoms with van der Waals surface area (Å²) in [5, 5.41) is 31.3. The minimum absolute atomic E-state index is 0.0325. The fraction of sp³-hybridized carbons (Fsp3) is 0.417. The van der Waals surface area contributed by atoms with Crippen LogP contribution in [0.1, 0.15) is 113 Å². The Bertz CT molecular complexity index is 2720. The summed E-state index contributed by atoms with van der Waals surface area (Å²) >= 11 is 1.74. The van der Waals surface area contributed by atoms with Gasteiger partial charge in [-0.15, -0.1) is 31.7 Å². The lowest BCUT2D eigenvalue weighted by Crippen LogP contribution is -2.51. The number of nitriles is 1. The van der Waals surface area contributed by atoms with E-state index in [0.717, 1.165) is 110 Å². The van der Waals surface area contributed by atoms with Gasteiger partial charge in [0.2, 0.25) is 0 Å². The van der Waals surface area contributed by atoms with Gasteiger partial charge in [0.1, 0.15) is 46.4 Å². The first-order valence-corrected chi connectivity index (χ1v) is 22.9. The molecule has 1 amide bonds. The van der Waals surface area contributed by atoms with E-state index in [1.807, 2.05) is 13.0 Å². The molecule has 1 spiro atoms. The van der Waals surface area contributed by atoms with Crippen LogP contribution in [0.2, 0.25) is 0 Å². The number of piperidine rings is 1. The number of carbonyl (C=O) groups is 1. The summed E-state index contributed by atoms with van der Waals surface area (Å²) in [6.07, 6.45) is 11.3. The van der Waals surface area contributed by atoms with Crippen LogP contribution in [0, 0.1) is 37.5 Å². The smallest absolute Gasteiger partial charge is 0.272 e. The van der Waals surface area contributed by atoms with E-state index in [4.69, 9.17) is 23.6 Å². The average molecular weight is 879 g/mol. The first-order valence-electron chi connectivity index (χ1n) is 22.1. The number of anilines is 1. The molecule has 2 aliphatic heterocycles. The molecule has 1 saturated heterocycles. The largest absolute Gasteiger partial charge is 0.495 e. The van der Waals surface area contributed by atoms with Crippen molar-refractivity contribution in [2.45, 2.75) is 103 Å². The number of aliphatic imine (C=N–C) groups is 1. The first-order chi connectivity index (χ1) is 31.2. The Hall–Kier alpha value is -6.60. The maximum atomic E-state index is 13.1. The van der Waals surface area contributed by atoms with Gasteiger partial charge in [0.05, 0.1) is 43.2 Å². The molecule has 64 heavy (non-hydrogen) atoms. The number of aromatic nitrogens is 6. The predicted octanol–water partition coefficient (Wildman–Crippen LogP) is 8.00. The molecule has 1 N–H and O–H groups in total. The number of amides is 1. The van der Waals surface area contributed by atoms with Crippen LogP contribution in [0.3, 0.4) is 0 Å². The molecule has 328 valence electrons. The second-order valence-electron chi connectivity index (χ2n) is 17.5. The van der Waals surface area contributed by atoms with E-state index in [0.29, 0.717) is 35.1 Å². The third kappa shape index (κ3) is 8.09. The monoisotopic (exact) mass is 878 g/mol. The van der Waals surface area contributed by atoms with E-state index in [2.05, 4.69) is 84.3 Å². The summed E-state index contributed by atoms with van der Waals surface area (Å²) in [6.45, 7) is 8.08. The van der Waals surface area contributed by atoms with Crippen molar-refractivity contribution in [3.05, 3.63) is 117 Å². The minimum atomic E-state index is -0.321. The van der Waals surface area contributed by atoms with Crippen molar-refractivity contribution in [3.63, 3.8) is 0 Å². The number of methoxy groups -OCH3 is 1. The molecule has 4 aromatic heterocycles. The summed E-state index contributed by atoms with van der Waals surface area (Å²) in [4.78, 5) is 26.4. The van der Waals surface area contributed by atoms with Crippen molar-refractivity contribution in [2.24, 2.45) is 10.4 Å². The molecular weight excluding hydrogens is 829 g/mol. The zero-order valence-electron chi connectivity index (χ0n) is 36.4. The average Bonchev–Trinajstić information content (AvgIpc) is 4.02. The van der Waals surface area contributed by atoms with Gasteiger partial charge < -0.3 is 28.8 Å². The van der Waals surface area contributed by atoms with Gasteiger partial charge in [0.15, 0.2) is 23.2 Å². The number of rotatable bonds is 11. The van der Waals surface area contributed by atoms with Crippen molar-refractivity contribution in [1.29, 1.82) is 5.26 Å². The number of hydrogen-bond acceptors (Lipinski definition) is 14. The van der Waals surface area contributed by atoms with Crippen LogP contribution < -0.4 is 24.4 Å². The van der Waals surface area contributed by atoms with Gasteiger partial charge in [-0.2, -0.15) is 5.26 Å². The highest BCUT2D eigenvalue weighted by atomic mass is 32.1. The summed E-state index contributed by atoms with van der Waals surface area (Å²) in [5.41, 5.74) is 5.31. The summed E-state index contributed by atoms with van der Waals surface area (Å²) in [5.74, 6) is 4.85. The van der Waals surface area contributed by atoms with Gasteiger partial charge in [0, 0.05) is 41.2 Å². The molecule has 0 unspecified atom stereocenters. The molecule has 0 bridgehead atoms. The molecule has 15 nitrogen and oxygen atoms in total. The molecular formula is C48H50N10O5S. The number of thiophene rings is 1. The van der Waals surface area contributed by atoms with Gasteiger partial charge in [-0.05, 0) is 132 Å². The third-order valence-electron chi connectivity index (χ3n) is 13.5. The van der Waals surface area contributed by atoms with E-state index in [1.165, 1.54) is 10.4 Å². The standard InChI is InChI=1S/C48H50N10O5S/c1-28-29(2)64-47-43(28)44(52-39(24-42-50-19-22-61-42)45-56-53-30(3)58(45)47)31-5-10-34(11-6-31)63-37-25-48(26-37)17-20-57(21-18-48)41-16-15-38(54-55-41)46(59)51-33-8-13-35(14-9-33)62-36-12-7-32(27-49)40(23-36)60-4/h5-7,10-12,15-16,19,22-23,33,35,37,39H,8-9,13-14,17-18,20-21,24-26H2,1-4H3,(H,51,59)/t33?,35?,39-/m0/s1. The maximum Gasteiger partial charge on any atom is 0.272 e. The number of oxazole rings is 1. The number of benzene rings is 2. The van der Waals surface area contributed by atoms with Gasteiger partial charge in [0.25, 0.3) is 5.91 Å². The van der Waals surface area contributed by atoms with Crippen LogP contribution in [0.25, 0.3) is 5.00 Å². The quantitative estimate of drug-likeness (QED) is 0.133. The van der Waals surface area contributed by atoms with Crippen molar-refractivity contribution in [2.75, 3.05) is 25.1 Å². The highest BCUT2D eigenvalue weighted by Crippen LogP contribution is 2.51. The van der Waals surface area contributed by atoms with E-state index >= 15 is 0 Å². The summed E-state index contributed by atoms with van der Waals surface area (Å²) in [7, 11) is 1.54. The highest BCUT2D eigenvalue weighted by Gasteiger charge is 2.47. The first kappa shape index (κ1) is 41.4. The number of aryl methyl sites for hydroxylation is 2. The number of fused-ring (bicyclic) bond motifs is 3. The number of hydrogen-bond donors (Lipinski definition) is 1. The fourth-order valence-corrected chi connectivity index (χ4v) is 11.0. The van der Waals surface area contributed by atoms with Crippen LogP contribution in [0.15, 0.2) is 76.5 Å². The fourth-order valence-electron chi connectivity index (χ4n) is 9.76. The number of carbonyl (C=O) groups excluding carboxylic acids is 1. The number of ether oxygens (including phenoxy) is 3. The second kappa shape index (κ2) is 17.2. The van der Waals surface area contributed by atoms with E-state index in [1.54, 1.807) is 55.2 Å². The molecule has 6 aromatic rings. The third-order valence-corrected chi connectivity index (χ3v) is 14.7. The Balaban J connectivity index is 0.708. The van der Waals surface area contributed by atoms with Crippen molar-refractivity contribution < 1.29 is 23.4 Å². The van der Waals surface area contributed by atoms with Crippen LogP contribution >= 0.6 is 11.3 Å². The van der Waals surface area contributed by atoms with E-state index in [9.17, 15) is 10.1 Å². The maximum absolute atomic E-state index is 13.1. The Labute approximate surface area is 375 Å². The Morgan fingerprint density at radius 1 is 0.938 bits per heavy atom. The number of nitrogens with zero attached hydrogens (tertiary/aromatic N) is 9. The molecule has 2 saturated carbocycles. The molecule has 1 atom stereocenters.